The Hall–Kier alpha value is -0.690. The lowest BCUT2D eigenvalue weighted by atomic mass is 10.1. The molecule has 1 aromatic carbocycles. The molecule has 1 aromatic rings. The number of benzene rings is 1. The largest absolute Gasteiger partial charge is 0.154 e. The van der Waals surface area contributed by atoms with Crippen LogP contribution in [0.1, 0.15) is 31.4 Å². The van der Waals surface area contributed by atoms with E-state index < -0.39 is 0 Å². The Kier molecular flexibility index (Phi) is 4.81. The molecule has 0 aromatic heterocycles. The zero-order chi connectivity index (χ0) is 10.4. The van der Waals surface area contributed by atoms with E-state index in [1.807, 2.05) is 17.8 Å². The Morgan fingerprint density at radius 2 is 2.14 bits per heavy atom. The van der Waals surface area contributed by atoms with Gasteiger partial charge < -0.3 is 0 Å². The highest BCUT2D eigenvalue weighted by Gasteiger charge is 2.02. The molecule has 0 spiro atoms. The van der Waals surface area contributed by atoms with E-state index in [1.54, 1.807) is 0 Å². The first kappa shape index (κ1) is 11.4. The minimum absolute atomic E-state index is 0.743. The smallest absolute Gasteiger partial charge is 0.0193 e. The van der Waals surface area contributed by atoms with Gasteiger partial charge in [0.2, 0.25) is 0 Å². The molecule has 0 N–H and O–H groups in total. The van der Waals surface area contributed by atoms with Crippen LogP contribution >= 0.6 is 11.8 Å². The molecule has 0 saturated heterocycles. The van der Waals surface area contributed by atoms with Gasteiger partial charge in [-0.1, -0.05) is 50.8 Å². The highest BCUT2D eigenvalue weighted by Crippen LogP contribution is 2.22. The van der Waals surface area contributed by atoms with Crippen LogP contribution < -0.4 is 0 Å². The molecule has 14 heavy (non-hydrogen) atoms. The summed E-state index contributed by atoms with van der Waals surface area (Å²) >= 11 is 2.01. The summed E-state index contributed by atoms with van der Waals surface area (Å²) in [5.41, 5.74) is 2.66. The quantitative estimate of drug-likeness (QED) is 0.689. The highest BCUT2D eigenvalue weighted by molar-refractivity contribution is 7.99. The fourth-order valence-corrected chi connectivity index (χ4v) is 2.18. The van der Waals surface area contributed by atoms with Crippen molar-refractivity contribution < 1.29 is 0 Å². The van der Waals surface area contributed by atoms with Crippen molar-refractivity contribution in [3.63, 3.8) is 0 Å². The molecule has 0 aliphatic carbocycles. The third-order valence-electron chi connectivity index (χ3n) is 2.37. The molecule has 0 heterocycles. The third kappa shape index (κ3) is 3.22. The monoisotopic (exact) mass is 206 g/mol. The number of thioether (sulfide) groups is 1. The molecular formula is C13H18S. The molecule has 0 fully saturated rings. The molecule has 0 saturated carbocycles. The van der Waals surface area contributed by atoms with E-state index in [4.69, 9.17) is 0 Å². The van der Waals surface area contributed by atoms with Crippen LogP contribution in [0.2, 0.25) is 0 Å². The van der Waals surface area contributed by atoms with Crippen molar-refractivity contribution >= 4 is 17.8 Å². The number of hydrogen-bond acceptors (Lipinski definition) is 1. The van der Waals surface area contributed by atoms with Gasteiger partial charge in [-0.05, 0) is 17.5 Å². The van der Waals surface area contributed by atoms with Gasteiger partial charge in [0.1, 0.15) is 0 Å². The fourth-order valence-electron chi connectivity index (χ4n) is 1.21. The maximum Gasteiger partial charge on any atom is 0.0193 e. The van der Waals surface area contributed by atoms with Crippen LogP contribution in [0.15, 0.2) is 30.8 Å². The summed E-state index contributed by atoms with van der Waals surface area (Å²) < 4.78 is 0. The molecule has 0 unspecified atom stereocenters. The van der Waals surface area contributed by atoms with Gasteiger partial charge >= 0.3 is 0 Å². The Labute approximate surface area is 91.4 Å². The maximum atomic E-state index is 3.83. The first-order valence-corrected chi connectivity index (χ1v) is 6.14. The summed E-state index contributed by atoms with van der Waals surface area (Å²) in [5.74, 6) is 1.09. The Balaban J connectivity index is 2.61. The van der Waals surface area contributed by atoms with Crippen LogP contribution in [0.4, 0.5) is 0 Å². The van der Waals surface area contributed by atoms with Crippen LogP contribution in [0, 0.1) is 0 Å². The Bertz CT molecular complexity index is 291. The summed E-state index contributed by atoms with van der Waals surface area (Å²) in [7, 11) is 0. The van der Waals surface area contributed by atoms with Gasteiger partial charge in [0.15, 0.2) is 0 Å². The van der Waals surface area contributed by atoms with Crippen molar-refractivity contribution in [2.45, 2.75) is 31.3 Å². The second kappa shape index (κ2) is 5.92. The first-order chi connectivity index (χ1) is 6.77. The van der Waals surface area contributed by atoms with Gasteiger partial charge in [-0.2, -0.15) is 11.8 Å². The standard InChI is InChI=1S/C13H18S/c1-4-11(3)14-10-13-9-7-6-8-12(13)5-2/h5-9,11H,2,4,10H2,1,3H3/t11-/m1/s1. The van der Waals surface area contributed by atoms with E-state index in [9.17, 15) is 0 Å². The van der Waals surface area contributed by atoms with E-state index >= 15 is 0 Å². The average Bonchev–Trinajstić information content (AvgIpc) is 2.26. The molecular weight excluding hydrogens is 188 g/mol. The Morgan fingerprint density at radius 3 is 2.79 bits per heavy atom. The van der Waals surface area contributed by atoms with E-state index in [0.29, 0.717) is 0 Å². The van der Waals surface area contributed by atoms with E-state index in [2.05, 4.69) is 44.7 Å². The highest BCUT2D eigenvalue weighted by atomic mass is 32.2. The molecule has 1 heteroatoms. The molecule has 0 radical (unpaired) electrons. The summed E-state index contributed by atoms with van der Waals surface area (Å²) in [5, 5.41) is 0.743. The predicted molar refractivity (Wildman–Crippen MR) is 67.6 cm³/mol. The summed E-state index contributed by atoms with van der Waals surface area (Å²) in [6.45, 7) is 8.34. The summed E-state index contributed by atoms with van der Waals surface area (Å²) in [6, 6.07) is 8.47. The lowest BCUT2D eigenvalue weighted by molar-refractivity contribution is 0.905. The normalized spacial score (nSPS) is 12.4. The predicted octanol–water partition coefficient (Wildman–Crippen LogP) is 4.36. The summed E-state index contributed by atoms with van der Waals surface area (Å²) in [4.78, 5) is 0. The van der Waals surface area contributed by atoms with Crippen LogP contribution in [-0.4, -0.2) is 5.25 Å². The molecule has 0 bridgehead atoms. The number of rotatable bonds is 5. The minimum Gasteiger partial charge on any atom is -0.154 e. The molecule has 0 amide bonds. The van der Waals surface area contributed by atoms with Gasteiger partial charge in [-0.25, -0.2) is 0 Å². The van der Waals surface area contributed by atoms with Crippen LogP contribution in [0.5, 0.6) is 0 Å². The maximum absolute atomic E-state index is 3.83. The average molecular weight is 206 g/mol. The van der Waals surface area contributed by atoms with Gasteiger partial charge in [0.05, 0.1) is 0 Å². The second-order valence-corrected chi connectivity index (χ2v) is 4.86. The van der Waals surface area contributed by atoms with Gasteiger partial charge in [0, 0.05) is 11.0 Å². The van der Waals surface area contributed by atoms with Crippen molar-refractivity contribution in [2.24, 2.45) is 0 Å². The van der Waals surface area contributed by atoms with Gasteiger partial charge in [0.25, 0.3) is 0 Å². The van der Waals surface area contributed by atoms with Gasteiger partial charge in [-0.3, -0.25) is 0 Å². The second-order valence-electron chi connectivity index (χ2n) is 3.43. The number of hydrogen-bond donors (Lipinski definition) is 0. The zero-order valence-electron chi connectivity index (χ0n) is 8.99. The van der Waals surface area contributed by atoms with Crippen molar-refractivity contribution in [3.8, 4) is 0 Å². The van der Waals surface area contributed by atoms with Crippen LogP contribution in [0.3, 0.4) is 0 Å². The molecule has 76 valence electrons. The molecule has 0 aliphatic rings. The van der Waals surface area contributed by atoms with Crippen LogP contribution in [-0.2, 0) is 5.75 Å². The van der Waals surface area contributed by atoms with Crippen molar-refractivity contribution in [3.05, 3.63) is 42.0 Å². The summed E-state index contributed by atoms with van der Waals surface area (Å²) in [6.07, 6.45) is 3.17. The molecule has 0 aliphatic heterocycles. The zero-order valence-corrected chi connectivity index (χ0v) is 9.81. The van der Waals surface area contributed by atoms with Crippen molar-refractivity contribution in [1.82, 2.24) is 0 Å². The molecule has 1 rings (SSSR count). The minimum atomic E-state index is 0.743. The lowest BCUT2D eigenvalue weighted by Crippen LogP contribution is -1.94. The molecule has 1 atom stereocenters. The first-order valence-electron chi connectivity index (χ1n) is 5.09. The molecule has 0 nitrogen and oxygen atoms in total. The van der Waals surface area contributed by atoms with E-state index in [1.165, 1.54) is 17.5 Å². The van der Waals surface area contributed by atoms with Crippen LogP contribution in [0.25, 0.3) is 6.08 Å². The fraction of sp³-hybridized carbons (Fsp3) is 0.385. The third-order valence-corrected chi connectivity index (χ3v) is 3.75. The van der Waals surface area contributed by atoms with Crippen molar-refractivity contribution in [1.29, 1.82) is 0 Å². The van der Waals surface area contributed by atoms with Gasteiger partial charge in [-0.15, -0.1) is 0 Å². The van der Waals surface area contributed by atoms with E-state index in [0.717, 1.165) is 11.0 Å². The van der Waals surface area contributed by atoms with Crippen molar-refractivity contribution in [2.75, 3.05) is 0 Å². The SMILES string of the molecule is C=Cc1ccccc1CS[C@H](C)CC. The Morgan fingerprint density at radius 1 is 1.43 bits per heavy atom. The topological polar surface area (TPSA) is 0 Å². The lowest BCUT2D eigenvalue weighted by Gasteiger charge is -2.09. The van der Waals surface area contributed by atoms with E-state index in [-0.39, 0.29) is 0 Å².